The molecule has 33 heavy (non-hydrogen) atoms. The zero-order chi connectivity index (χ0) is 23.4. The van der Waals surface area contributed by atoms with Gasteiger partial charge in [0.1, 0.15) is 5.82 Å². The van der Waals surface area contributed by atoms with Crippen molar-refractivity contribution in [3.63, 3.8) is 0 Å². The van der Waals surface area contributed by atoms with Crippen LogP contribution in [0.3, 0.4) is 0 Å². The van der Waals surface area contributed by atoms with Crippen LogP contribution in [0.15, 0.2) is 30.3 Å². The van der Waals surface area contributed by atoms with Crippen LogP contribution < -0.4 is 10.2 Å². The highest BCUT2D eigenvalue weighted by atomic mass is 35.5. The smallest absolute Gasteiger partial charge is 0.223 e. The molecule has 1 aliphatic rings. The maximum Gasteiger partial charge on any atom is 0.223 e. The molecule has 0 spiro atoms. The van der Waals surface area contributed by atoms with E-state index >= 15 is 0 Å². The molecule has 1 aromatic carbocycles. The van der Waals surface area contributed by atoms with Gasteiger partial charge in [-0.25, -0.2) is 4.98 Å². The number of anilines is 1. The predicted octanol–water partition coefficient (Wildman–Crippen LogP) is 4.43. The number of aromatic nitrogens is 3. The van der Waals surface area contributed by atoms with Crippen LogP contribution in [-0.4, -0.2) is 53.4 Å². The van der Waals surface area contributed by atoms with Gasteiger partial charge in [-0.1, -0.05) is 23.7 Å². The van der Waals surface area contributed by atoms with Crippen LogP contribution in [0.2, 0.25) is 5.02 Å². The number of fused-ring (bicyclic) bond motifs is 1. The van der Waals surface area contributed by atoms with Crippen molar-refractivity contribution in [1.82, 2.24) is 19.9 Å². The molecule has 1 aliphatic heterocycles. The summed E-state index contributed by atoms with van der Waals surface area (Å²) in [4.78, 5) is 19.7. The molecule has 3 heterocycles. The highest BCUT2D eigenvalue weighted by molar-refractivity contribution is 6.30. The summed E-state index contributed by atoms with van der Waals surface area (Å²) in [5.74, 6) is 1.23. The number of rotatable bonds is 8. The van der Waals surface area contributed by atoms with Crippen LogP contribution in [0.4, 0.5) is 5.82 Å². The molecule has 0 unspecified atom stereocenters. The first kappa shape index (κ1) is 23.5. The number of nitrogens with one attached hydrogen (secondary N) is 1. The lowest BCUT2D eigenvalue weighted by Crippen LogP contribution is -2.41. The largest absolute Gasteiger partial charge is 0.382 e. The summed E-state index contributed by atoms with van der Waals surface area (Å²) in [6.07, 6.45) is 2.50. The van der Waals surface area contributed by atoms with Crippen molar-refractivity contribution in [3.05, 3.63) is 46.7 Å². The Labute approximate surface area is 200 Å². The first-order valence-corrected chi connectivity index (χ1v) is 12.1. The van der Waals surface area contributed by atoms with E-state index in [1.807, 2.05) is 49.6 Å². The van der Waals surface area contributed by atoms with Crippen molar-refractivity contribution >= 4 is 29.0 Å². The quantitative estimate of drug-likeness (QED) is 0.494. The predicted molar refractivity (Wildman–Crippen MR) is 132 cm³/mol. The van der Waals surface area contributed by atoms with Gasteiger partial charge in [0.05, 0.1) is 5.69 Å². The molecule has 176 valence electrons. The lowest BCUT2D eigenvalue weighted by atomic mass is 9.96. The Morgan fingerprint density at radius 2 is 1.94 bits per heavy atom. The minimum atomic E-state index is 0.0516. The molecule has 1 fully saturated rings. The number of aryl methyl sites for hydroxylation is 2. The fraction of sp³-hybridized carbons (Fsp3) is 0.480. The van der Waals surface area contributed by atoms with E-state index in [0.29, 0.717) is 24.8 Å². The van der Waals surface area contributed by atoms with Gasteiger partial charge in [0.15, 0.2) is 5.65 Å². The molecular weight excluding hydrogens is 438 g/mol. The Balaban J connectivity index is 1.49. The van der Waals surface area contributed by atoms with Crippen molar-refractivity contribution in [1.29, 1.82) is 0 Å². The minimum absolute atomic E-state index is 0.0516. The molecule has 4 rings (SSSR count). The van der Waals surface area contributed by atoms with Gasteiger partial charge in [-0.05, 0) is 57.7 Å². The van der Waals surface area contributed by atoms with Gasteiger partial charge in [0, 0.05) is 61.1 Å². The summed E-state index contributed by atoms with van der Waals surface area (Å²) in [7, 11) is 0. The molecule has 3 aromatic rings. The second-order valence-electron chi connectivity index (χ2n) is 8.56. The van der Waals surface area contributed by atoms with Gasteiger partial charge < -0.3 is 15.0 Å². The van der Waals surface area contributed by atoms with E-state index < -0.39 is 0 Å². The van der Waals surface area contributed by atoms with Crippen molar-refractivity contribution in [2.75, 3.05) is 37.7 Å². The first-order chi connectivity index (χ1) is 16.0. The fourth-order valence-corrected chi connectivity index (χ4v) is 4.58. The molecule has 7 nitrogen and oxygen atoms in total. The van der Waals surface area contributed by atoms with Crippen LogP contribution in [-0.2, 0) is 9.53 Å². The summed E-state index contributed by atoms with van der Waals surface area (Å²) in [6, 6.07) is 9.88. The van der Waals surface area contributed by atoms with Gasteiger partial charge in [-0.15, -0.1) is 0 Å². The number of hydrogen-bond donors (Lipinski definition) is 1. The molecule has 0 aliphatic carbocycles. The summed E-state index contributed by atoms with van der Waals surface area (Å²) < 4.78 is 7.28. The summed E-state index contributed by atoms with van der Waals surface area (Å²) in [5, 5.41) is 8.61. The van der Waals surface area contributed by atoms with E-state index in [4.69, 9.17) is 26.4 Å². The Hall–Kier alpha value is -2.64. The molecule has 2 aromatic heterocycles. The van der Waals surface area contributed by atoms with Crippen molar-refractivity contribution < 1.29 is 9.53 Å². The average Bonchev–Trinajstić information content (AvgIpc) is 3.14. The number of carbonyl (C=O) groups excluding carboxylic acids is 1. The molecule has 1 N–H and O–H groups in total. The zero-order valence-corrected chi connectivity index (χ0v) is 20.4. The van der Waals surface area contributed by atoms with Crippen LogP contribution >= 0.6 is 11.6 Å². The Bertz CT molecular complexity index is 1100. The molecular formula is C25H32ClN5O2. The molecule has 1 amide bonds. The molecule has 8 heteroatoms. The van der Waals surface area contributed by atoms with Crippen LogP contribution in [0, 0.1) is 19.8 Å². The van der Waals surface area contributed by atoms with Gasteiger partial charge in [0.2, 0.25) is 5.91 Å². The van der Waals surface area contributed by atoms with Gasteiger partial charge >= 0.3 is 0 Å². The lowest BCUT2D eigenvalue weighted by Gasteiger charge is -2.33. The Morgan fingerprint density at radius 3 is 2.64 bits per heavy atom. The van der Waals surface area contributed by atoms with Crippen molar-refractivity contribution in [3.8, 4) is 11.1 Å². The Kier molecular flexibility index (Phi) is 7.50. The van der Waals surface area contributed by atoms with Crippen LogP contribution in [0.5, 0.6) is 0 Å². The second-order valence-corrected chi connectivity index (χ2v) is 9.00. The summed E-state index contributed by atoms with van der Waals surface area (Å²) in [5.41, 5.74) is 4.80. The highest BCUT2D eigenvalue weighted by Gasteiger charge is 2.27. The van der Waals surface area contributed by atoms with E-state index in [9.17, 15) is 4.79 Å². The van der Waals surface area contributed by atoms with Crippen molar-refractivity contribution in [2.24, 2.45) is 5.92 Å². The van der Waals surface area contributed by atoms with E-state index in [0.717, 1.165) is 66.3 Å². The number of benzene rings is 1. The standard InChI is InChI=1S/C25H32ClN5O2/c1-4-33-15-5-12-27-25(32)20-10-13-30(14-11-20)22-16-17(2)28-24-23(18(3)29-31(22)24)19-6-8-21(26)9-7-19/h6-9,16,20H,4-5,10-15H2,1-3H3,(H,27,32). The average molecular weight is 470 g/mol. The van der Waals surface area contributed by atoms with Gasteiger partial charge in [-0.2, -0.15) is 9.61 Å². The summed E-state index contributed by atoms with van der Waals surface area (Å²) in [6.45, 7) is 9.70. The highest BCUT2D eigenvalue weighted by Crippen LogP contribution is 2.32. The number of piperidine rings is 1. The number of carbonyl (C=O) groups is 1. The molecule has 0 atom stereocenters. The Morgan fingerprint density at radius 1 is 1.21 bits per heavy atom. The second kappa shape index (κ2) is 10.5. The maximum atomic E-state index is 12.6. The van der Waals surface area contributed by atoms with Crippen LogP contribution in [0.25, 0.3) is 16.8 Å². The number of nitrogens with zero attached hydrogens (tertiary/aromatic N) is 4. The number of halogens is 1. The van der Waals surface area contributed by atoms with Crippen molar-refractivity contribution in [2.45, 2.75) is 40.0 Å². The number of ether oxygens (including phenoxy) is 1. The van der Waals surface area contributed by atoms with E-state index in [2.05, 4.69) is 16.3 Å². The maximum absolute atomic E-state index is 12.6. The third kappa shape index (κ3) is 5.31. The van der Waals surface area contributed by atoms with E-state index in [-0.39, 0.29) is 11.8 Å². The molecule has 0 bridgehead atoms. The molecule has 0 saturated carbocycles. The fourth-order valence-electron chi connectivity index (χ4n) is 4.45. The van der Waals surface area contributed by atoms with Gasteiger partial charge in [-0.3, -0.25) is 4.79 Å². The van der Waals surface area contributed by atoms with Gasteiger partial charge in [0.25, 0.3) is 0 Å². The first-order valence-electron chi connectivity index (χ1n) is 11.7. The zero-order valence-electron chi connectivity index (χ0n) is 19.6. The summed E-state index contributed by atoms with van der Waals surface area (Å²) >= 11 is 6.09. The topological polar surface area (TPSA) is 71.8 Å². The normalized spacial score (nSPS) is 14.7. The third-order valence-corrected chi connectivity index (χ3v) is 6.42. The molecule has 0 radical (unpaired) electrons. The van der Waals surface area contributed by atoms with E-state index in [1.165, 1.54) is 0 Å². The SMILES string of the molecule is CCOCCCNC(=O)C1CCN(c2cc(C)nc3c(-c4ccc(Cl)cc4)c(C)nn23)CC1. The minimum Gasteiger partial charge on any atom is -0.382 e. The third-order valence-electron chi connectivity index (χ3n) is 6.16. The number of hydrogen-bond acceptors (Lipinski definition) is 5. The van der Waals surface area contributed by atoms with E-state index in [1.54, 1.807) is 0 Å². The monoisotopic (exact) mass is 469 g/mol. The number of amides is 1. The molecule has 1 saturated heterocycles. The van der Waals surface area contributed by atoms with Crippen LogP contribution in [0.1, 0.15) is 37.6 Å². The lowest BCUT2D eigenvalue weighted by molar-refractivity contribution is -0.125.